The van der Waals surface area contributed by atoms with Gasteiger partial charge in [-0.15, -0.1) is 0 Å². The molecule has 26 heavy (non-hydrogen) atoms. The average Bonchev–Trinajstić information content (AvgIpc) is 2.63. The third-order valence-electron chi connectivity index (χ3n) is 3.89. The van der Waals surface area contributed by atoms with Crippen LogP contribution in [0.15, 0.2) is 47.3 Å². The monoisotopic (exact) mass is 390 g/mol. The van der Waals surface area contributed by atoms with E-state index in [-0.39, 0.29) is 23.8 Å². The van der Waals surface area contributed by atoms with Crippen LogP contribution >= 0.6 is 23.2 Å². The van der Waals surface area contributed by atoms with Gasteiger partial charge >= 0.3 is 0 Å². The SMILES string of the molecule is CCn1c(NNC(=O)Cc2c(Cl)cccc2Cl)nc2ccccc2c1=O. The topological polar surface area (TPSA) is 76.0 Å². The van der Waals surface area contributed by atoms with Gasteiger partial charge in [-0.1, -0.05) is 41.4 Å². The number of carbonyl (C=O) groups excluding carboxylic acids is 1. The van der Waals surface area contributed by atoms with E-state index in [9.17, 15) is 9.59 Å². The molecule has 3 rings (SSSR count). The molecule has 2 aromatic carbocycles. The lowest BCUT2D eigenvalue weighted by Crippen LogP contribution is -2.35. The van der Waals surface area contributed by atoms with Crippen molar-refractivity contribution in [3.05, 3.63) is 68.4 Å². The number of para-hydroxylation sites is 1. The molecule has 1 heterocycles. The van der Waals surface area contributed by atoms with E-state index in [1.165, 1.54) is 4.57 Å². The summed E-state index contributed by atoms with van der Waals surface area (Å²) in [5.74, 6) is -0.0973. The molecule has 3 aromatic rings. The summed E-state index contributed by atoms with van der Waals surface area (Å²) in [6.07, 6.45) is -0.00452. The summed E-state index contributed by atoms with van der Waals surface area (Å²) >= 11 is 12.2. The number of hydrogen-bond acceptors (Lipinski definition) is 4. The molecule has 0 aliphatic rings. The Bertz CT molecular complexity index is 1010. The molecule has 0 saturated carbocycles. The van der Waals surface area contributed by atoms with Crippen molar-refractivity contribution in [2.24, 2.45) is 0 Å². The van der Waals surface area contributed by atoms with E-state index in [0.29, 0.717) is 33.1 Å². The van der Waals surface area contributed by atoms with Crippen molar-refractivity contribution in [1.82, 2.24) is 15.0 Å². The van der Waals surface area contributed by atoms with Gasteiger partial charge in [-0.05, 0) is 36.8 Å². The number of fused-ring (bicyclic) bond motifs is 1. The Morgan fingerprint density at radius 2 is 1.81 bits per heavy atom. The zero-order valence-electron chi connectivity index (χ0n) is 13.9. The highest BCUT2D eigenvalue weighted by molar-refractivity contribution is 6.36. The van der Waals surface area contributed by atoms with Crippen molar-refractivity contribution in [2.75, 3.05) is 5.43 Å². The van der Waals surface area contributed by atoms with Gasteiger partial charge in [0.1, 0.15) is 0 Å². The molecule has 0 saturated heterocycles. The van der Waals surface area contributed by atoms with Crippen molar-refractivity contribution >= 4 is 46.0 Å². The van der Waals surface area contributed by atoms with E-state index in [0.717, 1.165) is 0 Å². The third-order valence-corrected chi connectivity index (χ3v) is 4.60. The van der Waals surface area contributed by atoms with Gasteiger partial charge in [-0.3, -0.25) is 25.0 Å². The standard InChI is InChI=1S/C18H16Cl2N4O2/c1-2-24-17(26)11-6-3-4-9-15(11)21-18(24)23-22-16(25)10-12-13(19)7-5-8-14(12)20/h3-9H,2,10H2,1H3,(H,21,23)(H,22,25). The van der Waals surface area contributed by atoms with Gasteiger partial charge in [-0.2, -0.15) is 0 Å². The Morgan fingerprint density at radius 3 is 2.50 bits per heavy atom. The normalized spacial score (nSPS) is 10.7. The van der Waals surface area contributed by atoms with Crippen LogP contribution in [0.1, 0.15) is 12.5 Å². The van der Waals surface area contributed by atoms with E-state index in [4.69, 9.17) is 23.2 Å². The number of rotatable bonds is 5. The van der Waals surface area contributed by atoms with Crippen LogP contribution in [0.3, 0.4) is 0 Å². The number of hydrazine groups is 1. The number of nitrogens with one attached hydrogen (secondary N) is 2. The van der Waals surface area contributed by atoms with Gasteiger partial charge in [0, 0.05) is 16.6 Å². The lowest BCUT2D eigenvalue weighted by atomic mass is 10.1. The van der Waals surface area contributed by atoms with Crippen molar-refractivity contribution in [3.8, 4) is 0 Å². The average molecular weight is 391 g/mol. The van der Waals surface area contributed by atoms with Crippen LogP contribution in [0, 0.1) is 0 Å². The molecule has 0 aliphatic heterocycles. The van der Waals surface area contributed by atoms with Crippen LogP contribution in [-0.4, -0.2) is 15.5 Å². The Labute approximate surface area is 159 Å². The summed E-state index contributed by atoms with van der Waals surface area (Å²) in [5.41, 5.74) is 6.17. The molecule has 0 bridgehead atoms. The molecule has 2 N–H and O–H groups in total. The van der Waals surface area contributed by atoms with Gasteiger partial charge in [0.05, 0.1) is 17.3 Å². The van der Waals surface area contributed by atoms with Crippen molar-refractivity contribution in [3.63, 3.8) is 0 Å². The van der Waals surface area contributed by atoms with E-state index in [1.807, 2.05) is 6.92 Å². The lowest BCUT2D eigenvalue weighted by molar-refractivity contribution is -0.119. The third kappa shape index (κ3) is 3.66. The van der Waals surface area contributed by atoms with Crippen LogP contribution in [-0.2, 0) is 17.8 Å². The number of anilines is 1. The van der Waals surface area contributed by atoms with Crippen molar-refractivity contribution < 1.29 is 4.79 Å². The maximum Gasteiger partial charge on any atom is 0.262 e. The largest absolute Gasteiger partial charge is 0.277 e. The first kappa shape index (κ1) is 18.2. The van der Waals surface area contributed by atoms with E-state index in [2.05, 4.69) is 15.8 Å². The molecule has 0 atom stereocenters. The number of nitrogens with zero attached hydrogens (tertiary/aromatic N) is 2. The molecule has 6 nitrogen and oxygen atoms in total. The highest BCUT2D eigenvalue weighted by Gasteiger charge is 2.13. The molecule has 1 amide bonds. The molecule has 1 aromatic heterocycles. The number of hydrogen-bond donors (Lipinski definition) is 2. The smallest absolute Gasteiger partial charge is 0.262 e. The van der Waals surface area contributed by atoms with Gasteiger partial charge < -0.3 is 0 Å². The minimum absolute atomic E-state index is 0.00452. The first-order valence-corrected chi connectivity index (χ1v) is 8.74. The van der Waals surface area contributed by atoms with Gasteiger partial charge in [-0.25, -0.2) is 4.98 Å². The van der Waals surface area contributed by atoms with E-state index >= 15 is 0 Å². The zero-order chi connectivity index (χ0) is 18.7. The first-order chi connectivity index (χ1) is 12.5. The van der Waals surface area contributed by atoms with Crippen LogP contribution in [0.5, 0.6) is 0 Å². The summed E-state index contributed by atoms with van der Waals surface area (Å²) in [6, 6.07) is 12.1. The maximum atomic E-state index is 12.5. The summed E-state index contributed by atoms with van der Waals surface area (Å²) in [5, 5.41) is 1.36. The van der Waals surface area contributed by atoms with Crippen LogP contribution in [0.2, 0.25) is 10.0 Å². The van der Waals surface area contributed by atoms with Crippen LogP contribution < -0.4 is 16.4 Å². The quantitative estimate of drug-likeness (QED) is 0.654. The second-order valence-corrected chi connectivity index (χ2v) is 6.37. The molecule has 0 spiro atoms. The molecular formula is C18H16Cl2N4O2. The predicted molar refractivity (Wildman–Crippen MR) is 104 cm³/mol. The summed E-state index contributed by atoms with van der Waals surface area (Å²) in [6.45, 7) is 2.24. The fourth-order valence-electron chi connectivity index (χ4n) is 2.59. The summed E-state index contributed by atoms with van der Waals surface area (Å²) in [4.78, 5) is 29.2. The predicted octanol–water partition coefficient (Wildman–Crippen LogP) is 3.41. The maximum absolute atomic E-state index is 12.5. The minimum Gasteiger partial charge on any atom is -0.277 e. The Balaban J connectivity index is 1.81. The second-order valence-electron chi connectivity index (χ2n) is 5.55. The van der Waals surface area contributed by atoms with Crippen LogP contribution in [0.4, 0.5) is 5.95 Å². The zero-order valence-corrected chi connectivity index (χ0v) is 15.4. The number of amides is 1. The number of benzene rings is 2. The molecule has 0 unspecified atom stereocenters. The Hall–Kier alpha value is -2.57. The molecule has 0 fully saturated rings. The molecule has 0 radical (unpaired) electrons. The van der Waals surface area contributed by atoms with E-state index in [1.54, 1.807) is 42.5 Å². The second kappa shape index (κ2) is 7.76. The molecular weight excluding hydrogens is 375 g/mol. The van der Waals surface area contributed by atoms with Crippen molar-refractivity contribution in [1.29, 1.82) is 0 Å². The lowest BCUT2D eigenvalue weighted by Gasteiger charge is -2.14. The van der Waals surface area contributed by atoms with Gasteiger partial charge in [0.25, 0.3) is 5.56 Å². The van der Waals surface area contributed by atoms with Crippen molar-refractivity contribution in [2.45, 2.75) is 19.9 Å². The van der Waals surface area contributed by atoms with E-state index < -0.39 is 0 Å². The first-order valence-electron chi connectivity index (χ1n) is 7.98. The molecule has 8 heteroatoms. The summed E-state index contributed by atoms with van der Waals surface area (Å²) < 4.78 is 1.45. The van der Waals surface area contributed by atoms with Gasteiger partial charge in [0.2, 0.25) is 11.9 Å². The fraction of sp³-hybridized carbons (Fsp3) is 0.167. The number of halogens is 2. The van der Waals surface area contributed by atoms with Crippen LogP contribution in [0.25, 0.3) is 10.9 Å². The Kier molecular flexibility index (Phi) is 5.44. The number of aromatic nitrogens is 2. The highest BCUT2D eigenvalue weighted by atomic mass is 35.5. The molecule has 0 aliphatic carbocycles. The van der Waals surface area contributed by atoms with Gasteiger partial charge in [0.15, 0.2) is 0 Å². The fourth-order valence-corrected chi connectivity index (χ4v) is 3.12. The molecule has 134 valence electrons. The summed E-state index contributed by atoms with van der Waals surface area (Å²) in [7, 11) is 0. The highest BCUT2D eigenvalue weighted by Crippen LogP contribution is 2.24. The minimum atomic E-state index is -0.356. The Morgan fingerprint density at radius 1 is 1.12 bits per heavy atom. The number of carbonyl (C=O) groups is 1.